The van der Waals surface area contributed by atoms with E-state index in [0.29, 0.717) is 28.8 Å². The summed E-state index contributed by atoms with van der Waals surface area (Å²) in [6.45, 7) is 0.356. The van der Waals surface area contributed by atoms with Crippen LogP contribution in [0.5, 0.6) is 0 Å². The maximum Gasteiger partial charge on any atom is 0.332 e. The molecule has 0 unspecified atom stereocenters. The summed E-state index contributed by atoms with van der Waals surface area (Å²) in [6, 6.07) is 12.3. The number of fused-ring (bicyclic) bond motifs is 1. The highest BCUT2D eigenvalue weighted by atomic mass is 19.1. The largest absolute Gasteiger partial charge is 0.332 e. The third-order valence-corrected chi connectivity index (χ3v) is 4.89. The molecule has 0 aliphatic rings. The van der Waals surface area contributed by atoms with E-state index in [1.54, 1.807) is 35.9 Å². The van der Waals surface area contributed by atoms with Crippen molar-refractivity contribution in [2.75, 3.05) is 0 Å². The molecule has 0 spiro atoms. The quantitative estimate of drug-likeness (QED) is 0.497. The third-order valence-electron chi connectivity index (χ3n) is 4.89. The van der Waals surface area contributed by atoms with Crippen LogP contribution in [0.3, 0.4) is 0 Å². The van der Waals surface area contributed by atoms with Gasteiger partial charge in [-0.25, -0.2) is 14.2 Å². The second-order valence-corrected chi connectivity index (χ2v) is 6.78. The van der Waals surface area contributed by atoms with Crippen molar-refractivity contribution >= 4 is 16.9 Å². The molecule has 0 saturated heterocycles. The minimum atomic E-state index is -0.434. The molecule has 2 aromatic carbocycles. The normalized spacial score (nSPS) is 11.1. The predicted octanol–water partition coefficient (Wildman–Crippen LogP) is 1.85. The van der Waals surface area contributed by atoms with Crippen molar-refractivity contribution < 1.29 is 9.18 Å². The molecule has 0 saturated carbocycles. The second-order valence-electron chi connectivity index (χ2n) is 6.78. The van der Waals surface area contributed by atoms with Crippen LogP contribution in [0.25, 0.3) is 11.2 Å². The number of hydrogen-bond acceptors (Lipinski definition) is 4. The number of nitrogens with zero attached hydrogens (tertiary/aromatic N) is 4. The van der Waals surface area contributed by atoms with Crippen molar-refractivity contribution in [3.8, 4) is 0 Å². The number of aromatic nitrogens is 4. The lowest BCUT2D eigenvalue weighted by Crippen LogP contribution is -2.37. The molecule has 29 heavy (non-hydrogen) atoms. The summed E-state index contributed by atoms with van der Waals surface area (Å²) in [5.41, 5.74) is 1.55. The number of aryl methyl sites for hydroxylation is 1. The van der Waals surface area contributed by atoms with E-state index in [9.17, 15) is 18.8 Å². The minimum Gasteiger partial charge on any atom is -0.320 e. The van der Waals surface area contributed by atoms with Crippen LogP contribution in [0.15, 0.2) is 64.4 Å². The van der Waals surface area contributed by atoms with Gasteiger partial charge in [-0.15, -0.1) is 0 Å². The fourth-order valence-corrected chi connectivity index (χ4v) is 3.24. The van der Waals surface area contributed by atoms with Crippen LogP contribution in [0.4, 0.5) is 4.39 Å². The van der Waals surface area contributed by atoms with Gasteiger partial charge in [-0.3, -0.25) is 18.7 Å². The standard InChI is InChI=1S/C21H17FN4O3/c1-24-19-17(20(28)25(2)21(24)29)26(12-23-19)11-13-3-5-14(6-4-13)18(27)15-7-9-16(22)10-8-15/h3-10,12H,11H2,1-2H3. The first-order valence-corrected chi connectivity index (χ1v) is 8.87. The molecular weight excluding hydrogens is 375 g/mol. The fourth-order valence-electron chi connectivity index (χ4n) is 3.24. The minimum absolute atomic E-state index is 0.200. The van der Waals surface area contributed by atoms with Crippen LogP contribution in [-0.2, 0) is 20.6 Å². The van der Waals surface area contributed by atoms with Gasteiger partial charge in [-0.2, -0.15) is 0 Å². The first kappa shape index (κ1) is 18.5. The molecule has 0 amide bonds. The van der Waals surface area contributed by atoms with E-state index in [0.717, 1.165) is 10.1 Å². The predicted molar refractivity (Wildman–Crippen MR) is 106 cm³/mol. The number of halogens is 1. The highest BCUT2D eigenvalue weighted by molar-refractivity contribution is 6.08. The molecule has 0 aliphatic heterocycles. The SMILES string of the molecule is Cn1c(=O)c2c(ncn2Cc2ccc(C(=O)c3ccc(F)cc3)cc2)n(C)c1=O. The molecule has 0 bridgehead atoms. The number of hydrogen-bond donors (Lipinski definition) is 0. The Hall–Kier alpha value is -3.81. The molecular formula is C21H17FN4O3. The average molecular weight is 392 g/mol. The average Bonchev–Trinajstić information content (AvgIpc) is 3.15. The van der Waals surface area contributed by atoms with Crippen LogP contribution in [0.2, 0.25) is 0 Å². The Bertz CT molecular complexity index is 1350. The van der Waals surface area contributed by atoms with Crippen LogP contribution in [-0.4, -0.2) is 24.5 Å². The number of carbonyl (C=O) groups excluding carboxylic acids is 1. The number of ketones is 1. The smallest absolute Gasteiger partial charge is 0.320 e. The summed E-state index contributed by atoms with van der Waals surface area (Å²) in [5, 5.41) is 0. The number of carbonyl (C=O) groups is 1. The molecule has 0 atom stereocenters. The summed E-state index contributed by atoms with van der Waals surface area (Å²) >= 11 is 0. The Morgan fingerprint density at radius 3 is 2.14 bits per heavy atom. The van der Waals surface area contributed by atoms with E-state index in [1.807, 2.05) is 0 Å². The van der Waals surface area contributed by atoms with Gasteiger partial charge in [-0.05, 0) is 29.8 Å². The maximum absolute atomic E-state index is 13.0. The lowest BCUT2D eigenvalue weighted by Gasteiger charge is -2.08. The molecule has 0 radical (unpaired) electrons. The monoisotopic (exact) mass is 392 g/mol. The number of rotatable bonds is 4. The first-order valence-electron chi connectivity index (χ1n) is 8.87. The summed E-state index contributed by atoms with van der Waals surface area (Å²) in [7, 11) is 2.99. The van der Waals surface area contributed by atoms with Gasteiger partial charge >= 0.3 is 5.69 Å². The highest BCUT2D eigenvalue weighted by Crippen LogP contribution is 2.14. The molecule has 8 heteroatoms. The van der Waals surface area contributed by atoms with E-state index < -0.39 is 17.1 Å². The van der Waals surface area contributed by atoms with Crippen LogP contribution in [0, 0.1) is 5.82 Å². The van der Waals surface area contributed by atoms with Crippen molar-refractivity contribution in [2.24, 2.45) is 14.1 Å². The summed E-state index contributed by atoms with van der Waals surface area (Å²) < 4.78 is 17.1. The van der Waals surface area contributed by atoms with Crippen molar-refractivity contribution in [1.29, 1.82) is 0 Å². The Balaban J connectivity index is 1.65. The molecule has 2 heterocycles. The molecule has 0 fully saturated rings. The first-order chi connectivity index (χ1) is 13.9. The van der Waals surface area contributed by atoms with Gasteiger partial charge in [0.1, 0.15) is 5.82 Å². The van der Waals surface area contributed by atoms with E-state index in [1.165, 1.54) is 42.2 Å². The van der Waals surface area contributed by atoms with Crippen molar-refractivity contribution in [3.05, 3.63) is 98.2 Å². The van der Waals surface area contributed by atoms with Gasteiger partial charge in [-0.1, -0.05) is 24.3 Å². The molecule has 2 aromatic heterocycles. The van der Waals surface area contributed by atoms with Gasteiger partial charge in [0.15, 0.2) is 16.9 Å². The van der Waals surface area contributed by atoms with Crippen molar-refractivity contribution in [3.63, 3.8) is 0 Å². The molecule has 7 nitrogen and oxygen atoms in total. The summed E-state index contributed by atoms with van der Waals surface area (Å²) in [4.78, 5) is 41.2. The Morgan fingerprint density at radius 1 is 0.931 bits per heavy atom. The van der Waals surface area contributed by atoms with E-state index in [2.05, 4.69) is 4.98 Å². The Labute approximate surface area is 164 Å². The Kier molecular flexibility index (Phi) is 4.46. The van der Waals surface area contributed by atoms with Crippen molar-refractivity contribution in [1.82, 2.24) is 18.7 Å². The number of imidazole rings is 1. The zero-order valence-electron chi connectivity index (χ0n) is 15.8. The topological polar surface area (TPSA) is 78.9 Å². The van der Waals surface area contributed by atoms with Gasteiger partial charge in [0.2, 0.25) is 0 Å². The van der Waals surface area contributed by atoms with Gasteiger partial charge in [0, 0.05) is 31.8 Å². The van der Waals surface area contributed by atoms with Gasteiger partial charge in [0.25, 0.3) is 5.56 Å². The third kappa shape index (κ3) is 3.18. The molecule has 0 N–H and O–H groups in total. The van der Waals surface area contributed by atoms with Crippen LogP contribution >= 0.6 is 0 Å². The second kappa shape index (κ2) is 6.97. The van der Waals surface area contributed by atoms with E-state index in [-0.39, 0.29) is 5.78 Å². The number of benzene rings is 2. The zero-order valence-corrected chi connectivity index (χ0v) is 15.8. The van der Waals surface area contributed by atoms with E-state index >= 15 is 0 Å². The van der Waals surface area contributed by atoms with E-state index in [4.69, 9.17) is 0 Å². The van der Waals surface area contributed by atoms with Crippen LogP contribution in [0.1, 0.15) is 21.5 Å². The molecule has 0 aliphatic carbocycles. The molecule has 146 valence electrons. The molecule has 4 aromatic rings. The highest BCUT2D eigenvalue weighted by Gasteiger charge is 2.15. The van der Waals surface area contributed by atoms with Gasteiger partial charge in [0.05, 0.1) is 6.33 Å². The lowest BCUT2D eigenvalue weighted by atomic mass is 10.0. The molecule has 4 rings (SSSR count). The summed E-state index contributed by atoms with van der Waals surface area (Å²) in [6.07, 6.45) is 1.52. The van der Waals surface area contributed by atoms with Gasteiger partial charge < -0.3 is 4.57 Å². The van der Waals surface area contributed by atoms with Crippen molar-refractivity contribution in [2.45, 2.75) is 6.54 Å². The maximum atomic E-state index is 13.0. The zero-order chi connectivity index (χ0) is 20.7. The summed E-state index contributed by atoms with van der Waals surface area (Å²) in [5.74, 6) is -0.596. The van der Waals surface area contributed by atoms with Crippen LogP contribution < -0.4 is 11.2 Å². The lowest BCUT2D eigenvalue weighted by molar-refractivity contribution is 0.103. The fraction of sp³-hybridized carbons (Fsp3) is 0.143. The Morgan fingerprint density at radius 2 is 1.52 bits per heavy atom.